The van der Waals surface area contributed by atoms with Crippen molar-refractivity contribution in [2.24, 2.45) is 0 Å². The summed E-state index contributed by atoms with van der Waals surface area (Å²) < 4.78 is 0. The van der Waals surface area contributed by atoms with E-state index in [0.29, 0.717) is 6.61 Å². The summed E-state index contributed by atoms with van der Waals surface area (Å²) in [5.41, 5.74) is 0. The summed E-state index contributed by atoms with van der Waals surface area (Å²) in [4.78, 5) is 0. The highest BCUT2D eigenvalue weighted by Crippen LogP contribution is 2.13. The van der Waals surface area contributed by atoms with Gasteiger partial charge in [0.1, 0.15) is 0 Å². The molecule has 0 aliphatic rings. The third kappa shape index (κ3) is 17.9. The van der Waals surface area contributed by atoms with Crippen molar-refractivity contribution < 1.29 is 5.11 Å². The summed E-state index contributed by atoms with van der Waals surface area (Å²) in [6.45, 7) is 2.27. The van der Waals surface area contributed by atoms with E-state index in [-0.39, 0.29) is 0 Å². The molecule has 0 aliphatic carbocycles. The lowest BCUT2D eigenvalue weighted by molar-refractivity contribution is 0.296. The largest absolute Gasteiger partial charge is 0.396 e. The molecule has 0 radical (unpaired) electrons. The number of thioether (sulfide) groups is 1. The van der Waals surface area contributed by atoms with Crippen molar-refractivity contribution in [2.75, 3.05) is 18.1 Å². The van der Waals surface area contributed by atoms with Crippen LogP contribution in [0.3, 0.4) is 0 Å². The van der Waals surface area contributed by atoms with Crippen LogP contribution in [-0.4, -0.2) is 23.2 Å². The second kappa shape index (κ2) is 18.9. The zero-order valence-corrected chi connectivity index (χ0v) is 14.3. The van der Waals surface area contributed by atoms with Crippen LogP contribution in [0, 0.1) is 11.8 Å². The van der Waals surface area contributed by atoms with E-state index in [4.69, 9.17) is 5.11 Å². The Morgan fingerprint density at radius 1 is 0.700 bits per heavy atom. The predicted octanol–water partition coefficient (Wildman–Crippen LogP) is 5.42. The van der Waals surface area contributed by atoms with Crippen LogP contribution in [0.1, 0.15) is 84.0 Å². The first-order chi connectivity index (χ1) is 9.91. The van der Waals surface area contributed by atoms with Gasteiger partial charge in [-0.25, -0.2) is 0 Å². The Kier molecular flexibility index (Phi) is 18.7. The second-order valence-corrected chi connectivity index (χ2v) is 6.63. The SMILES string of the molecule is CC#CCCCCCCCCCCCCSCCCO. The molecule has 0 amide bonds. The molecule has 0 saturated carbocycles. The summed E-state index contributed by atoms with van der Waals surface area (Å²) in [7, 11) is 0. The van der Waals surface area contributed by atoms with Crippen molar-refractivity contribution in [3.05, 3.63) is 0 Å². The average Bonchev–Trinajstić information content (AvgIpc) is 2.47. The molecule has 0 aromatic carbocycles. The summed E-state index contributed by atoms with van der Waals surface area (Å²) in [5, 5.41) is 8.66. The van der Waals surface area contributed by atoms with Crippen molar-refractivity contribution in [3.63, 3.8) is 0 Å². The topological polar surface area (TPSA) is 20.2 Å². The molecule has 0 saturated heterocycles. The number of aliphatic hydroxyl groups excluding tert-OH is 1. The maximum atomic E-state index is 8.66. The molecule has 0 bridgehead atoms. The van der Waals surface area contributed by atoms with E-state index in [1.807, 2.05) is 18.7 Å². The van der Waals surface area contributed by atoms with Crippen LogP contribution in [0.4, 0.5) is 0 Å². The van der Waals surface area contributed by atoms with E-state index < -0.39 is 0 Å². The Hall–Kier alpha value is -0.130. The number of unbranched alkanes of at least 4 members (excludes halogenated alkanes) is 10. The highest BCUT2D eigenvalue weighted by Gasteiger charge is 1.94. The van der Waals surface area contributed by atoms with Gasteiger partial charge in [0.15, 0.2) is 0 Å². The molecule has 0 spiro atoms. The van der Waals surface area contributed by atoms with Gasteiger partial charge in [-0.1, -0.05) is 51.4 Å². The van der Waals surface area contributed by atoms with E-state index in [0.717, 1.165) is 18.6 Å². The Morgan fingerprint density at radius 2 is 1.20 bits per heavy atom. The number of hydrogen-bond acceptors (Lipinski definition) is 2. The van der Waals surface area contributed by atoms with Crippen molar-refractivity contribution in [2.45, 2.75) is 84.0 Å². The quantitative estimate of drug-likeness (QED) is 0.322. The second-order valence-electron chi connectivity index (χ2n) is 5.40. The molecule has 0 atom stereocenters. The number of aliphatic hydroxyl groups is 1. The maximum absolute atomic E-state index is 8.66. The summed E-state index contributed by atoms with van der Waals surface area (Å²) in [6.07, 6.45) is 15.9. The molecule has 0 unspecified atom stereocenters. The Balaban J connectivity index is 2.93. The molecule has 0 aromatic rings. The molecule has 1 N–H and O–H groups in total. The molecule has 0 aromatic heterocycles. The highest BCUT2D eigenvalue weighted by molar-refractivity contribution is 7.99. The van der Waals surface area contributed by atoms with E-state index in [1.54, 1.807) is 0 Å². The normalized spacial score (nSPS) is 10.3. The van der Waals surface area contributed by atoms with Gasteiger partial charge >= 0.3 is 0 Å². The van der Waals surface area contributed by atoms with Crippen LogP contribution in [0.2, 0.25) is 0 Å². The molecule has 0 fully saturated rings. The molecule has 0 heterocycles. The summed E-state index contributed by atoms with van der Waals surface area (Å²) >= 11 is 1.99. The monoisotopic (exact) mass is 298 g/mol. The van der Waals surface area contributed by atoms with Gasteiger partial charge in [0.25, 0.3) is 0 Å². The molecule has 0 rings (SSSR count). The number of hydrogen-bond donors (Lipinski definition) is 1. The van der Waals surface area contributed by atoms with E-state index in [1.165, 1.54) is 70.0 Å². The van der Waals surface area contributed by atoms with E-state index in [9.17, 15) is 0 Å². The first-order valence-electron chi connectivity index (χ1n) is 8.50. The first kappa shape index (κ1) is 19.9. The highest BCUT2D eigenvalue weighted by atomic mass is 32.2. The minimum Gasteiger partial charge on any atom is -0.396 e. The Morgan fingerprint density at radius 3 is 1.75 bits per heavy atom. The van der Waals surface area contributed by atoms with Crippen molar-refractivity contribution >= 4 is 11.8 Å². The molecular formula is C18H34OS. The minimum atomic E-state index is 0.346. The first-order valence-corrected chi connectivity index (χ1v) is 9.65. The third-order valence-electron chi connectivity index (χ3n) is 3.46. The fourth-order valence-electron chi connectivity index (χ4n) is 2.23. The zero-order valence-electron chi connectivity index (χ0n) is 13.5. The molecule has 2 heteroatoms. The van der Waals surface area contributed by atoms with Gasteiger partial charge in [0.2, 0.25) is 0 Å². The molecule has 20 heavy (non-hydrogen) atoms. The Labute approximate surface area is 131 Å². The standard InChI is InChI=1S/C18H34OS/c1-2-3-4-5-6-7-8-9-10-11-12-13-14-17-20-18-15-16-19/h19H,4-18H2,1H3. The van der Waals surface area contributed by atoms with E-state index >= 15 is 0 Å². The van der Waals surface area contributed by atoms with Gasteiger partial charge in [-0.2, -0.15) is 11.8 Å². The minimum absolute atomic E-state index is 0.346. The van der Waals surface area contributed by atoms with Gasteiger partial charge in [0, 0.05) is 13.0 Å². The van der Waals surface area contributed by atoms with Crippen LogP contribution in [0.25, 0.3) is 0 Å². The van der Waals surface area contributed by atoms with Crippen LogP contribution >= 0.6 is 11.8 Å². The van der Waals surface area contributed by atoms with Crippen molar-refractivity contribution in [1.82, 2.24) is 0 Å². The summed E-state index contributed by atoms with van der Waals surface area (Å²) in [5.74, 6) is 8.49. The lowest BCUT2D eigenvalue weighted by atomic mass is 10.1. The van der Waals surface area contributed by atoms with Crippen LogP contribution in [-0.2, 0) is 0 Å². The fraction of sp³-hybridized carbons (Fsp3) is 0.889. The van der Waals surface area contributed by atoms with Gasteiger partial charge in [-0.05, 0) is 37.7 Å². The number of rotatable bonds is 15. The lowest BCUT2D eigenvalue weighted by Crippen LogP contribution is -1.88. The van der Waals surface area contributed by atoms with Gasteiger partial charge in [-0.3, -0.25) is 0 Å². The van der Waals surface area contributed by atoms with Crippen LogP contribution < -0.4 is 0 Å². The van der Waals surface area contributed by atoms with E-state index in [2.05, 4.69) is 11.8 Å². The third-order valence-corrected chi connectivity index (χ3v) is 4.62. The van der Waals surface area contributed by atoms with Crippen LogP contribution in [0.15, 0.2) is 0 Å². The fourth-order valence-corrected chi connectivity index (χ4v) is 3.17. The lowest BCUT2D eigenvalue weighted by Gasteiger charge is -2.02. The van der Waals surface area contributed by atoms with Crippen molar-refractivity contribution in [3.8, 4) is 11.8 Å². The van der Waals surface area contributed by atoms with Crippen LogP contribution in [0.5, 0.6) is 0 Å². The van der Waals surface area contributed by atoms with Gasteiger partial charge in [0.05, 0.1) is 0 Å². The maximum Gasteiger partial charge on any atom is 0.0438 e. The Bertz CT molecular complexity index is 229. The molecule has 1 nitrogen and oxygen atoms in total. The van der Waals surface area contributed by atoms with Gasteiger partial charge in [-0.15, -0.1) is 11.8 Å². The molecular weight excluding hydrogens is 264 g/mol. The predicted molar refractivity (Wildman–Crippen MR) is 93.3 cm³/mol. The smallest absolute Gasteiger partial charge is 0.0438 e. The summed E-state index contributed by atoms with van der Waals surface area (Å²) in [6, 6.07) is 0. The van der Waals surface area contributed by atoms with Gasteiger partial charge < -0.3 is 5.11 Å². The molecule has 118 valence electrons. The van der Waals surface area contributed by atoms with Crippen molar-refractivity contribution in [1.29, 1.82) is 0 Å². The molecule has 0 aliphatic heterocycles. The zero-order chi connectivity index (χ0) is 14.7. The average molecular weight is 299 g/mol.